The molecule has 4 nitrogen and oxygen atoms in total. The molecule has 1 aromatic rings. The van der Waals surface area contributed by atoms with E-state index in [0.29, 0.717) is 0 Å². The Morgan fingerprint density at radius 1 is 1.28 bits per heavy atom. The molecule has 0 aliphatic carbocycles. The highest BCUT2D eigenvalue weighted by atomic mass is 16.3. The fourth-order valence-corrected chi connectivity index (χ4v) is 3.26. The fraction of sp³-hybridized carbons (Fsp3) is 0.643. The number of rotatable bonds is 2. The SMILES string of the molecule is CN1C2CCC1CN(Cc1ccc(O)cn1)CC2. The number of nitrogens with zero attached hydrogens (tertiary/aromatic N) is 3. The summed E-state index contributed by atoms with van der Waals surface area (Å²) in [5.41, 5.74) is 1.05. The van der Waals surface area contributed by atoms with Gasteiger partial charge in [-0.05, 0) is 38.4 Å². The molecule has 2 bridgehead atoms. The first-order valence-electron chi connectivity index (χ1n) is 6.80. The van der Waals surface area contributed by atoms with Gasteiger partial charge in [-0.15, -0.1) is 0 Å². The maximum absolute atomic E-state index is 9.25. The first kappa shape index (κ1) is 11.9. The Balaban J connectivity index is 1.65. The number of aromatic hydroxyl groups is 1. The lowest BCUT2D eigenvalue weighted by atomic mass is 10.1. The van der Waals surface area contributed by atoms with Gasteiger partial charge in [0.1, 0.15) is 5.75 Å². The van der Waals surface area contributed by atoms with Crippen molar-refractivity contribution in [3.63, 3.8) is 0 Å². The van der Waals surface area contributed by atoms with E-state index >= 15 is 0 Å². The quantitative estimate of drug-likeness (QED) is 0.859. The fourth-order valence-electron chi connectivity index (χ4n) is 3.26. The molecule has 0 aromatic carbocycles. The first-order chi connectivity index (χ1) is 8.72. The Labute approximate surface area is 108 Å². The van der Waals surface area contributed by atoms with Crippen LogP contribution < -0.4 is 0 Å². The van der Waals surface area contributed by atoms with E-state index in [0.717, 1.165) is 37.4 Å². The van der Waals surface area contributed by atoms with Gasteiger partial charge < -0.3 is 5.11 Å². The Kier molecular flexibility index (Phi) is 3.22. The summed E-state index contributed by atoms with van der Waals surface area (Å²) in [5, 5.41) is 9.25. The highest BCUT2D eigenvalue weighted by Crippen LogP contribution is 2.28. The van der Waals surface area contributed by atoms with Gasteiger partial charge in [0.2, 0.25) is 0 Å². The minimum Gasteiger partial charge on any atom is -0.506 e. The third kappa shape index (κ3) is 2.35. The predicted molar refractivity (Wildman–Crippen MR) is 70.4 cm³/mol. The van der Waals surface area contributed by atoms with E-state index in [1.54, 1.807) is 6.07 Å². The molecule has 2 fully saturated rings. The van der Waals surface area contributed by atoms with E-state index in [4.69, 9.17) is 0 Å². The summed E-state index contributed by atoms with van der Waals surface area (Å²) in [6, 6.07) is 5.14. The number of likely N-dealkylation sites (N-methyl/N-ethyl adjacent to an activating group) is 1. The number of hydrogen-bond donors (Lipinski definition) is 1. The third-order valence-corrected chi connectivity index (χ3v) is 4.43. The highest BCUT2D eigenvalue weighted by Gasteiger charge is 2.34. The van der Waals surface area contributed by atoms with E-state index in [9.17, 15) is 5.11 Å². The van der Waals surface area contributed by atoms with Crippen molar-refractivity contribution in [1.82, 2.24) is 14.8 Å². The largest absolute Gasteiger partial charge is 0.506 e. The minimum absolute atomic E-state index is 0.244. The molecule has 2 unspecified atom stereocenters. The lowest BCUT2D eigenvalue weighted by Gasteiger charge is -2.25. The van der Waals surface area contributed by atoms with Gasteiger partial charge in [-0.1, -0.05) is 0 Å². The van der Waals surface area contributed by atoms with E-state index in [1.807, 2.05) is 6.07 Å². The highest BCUT2D eigenvalue weighted by molar-refractivity contribution is 5.17. The van der Waals surface area contributed by atoms with Crippen LogP contribution in [0.4, 0.5) is 0 Å². The molecule has 2 aliphatic heterocycles. The Hall–Kier alpha value is -1.13. The van der Waals surface area contributed by atoms with Gasteiger partial charge in [-0.3, -0.25) is 14.8 Å². The second kappa shape index (κ2) is 4.86. The molecule has 0 radical (unpaired) electrons. The van der Waals surface area contributed by atoms with Crippen molar-refractivity contribution < 1.29 is 5.11 Å². The van der Waals surface area contributed by atoms with Crippen molar-refractivity contribution in [2.75, 3.05) is 20.1 Å². The van der Waals surface area contributed by atoms with Crippen LogP contribution in [-0.4, -0.2) is 52.1 Å². The molecule has 18 heavy (non-hydrogen) atoms. The van der Waals surface area contributed by atoms with Crippen LogP contribution >= 0.6 is 0 Å². The Bertz CT molecular complexity index is 406. The molecule has 2 aliphatic rings. The van der Waals surface area contributed by atoms with Gasteiger partial charge in [0.15, 0.2) is 0 Å². The van der Waals surface area contributed by atoms with Crippen LogP contribution in [0.1, 0.15) is 25.0 Å². The van der Waals surface area contributed by atoms with E-state index in [1.165, 1.54) is 25.5 Å². The van der Waals surface area contributed by atoms with Gasteiger partial charge >= 0.3 is 0 Å². The van der Waals surface area contributed by atoms with Gasteiger partial charge in [0.05, 0.1) is 11.9 Å². The number of hydrogen-bond acceptors (Lipinski definition) is 4. The zero-order valence-electron chi connectivity index (χ0n) is 10.9. The summed E-state index contributed by atoms with van der Waals surface area (Å²) >= 11 is 0. The Morgan fingerprint density at radius 2 is 2.11 bits per heavy atom. The van der Waals surface area contributed by atoms with Crippen molar-refractivity contribution in [3.05, 3.63) is 24.0 Å². The van der Waals surface area contributed by atoms with Crippen LogP contribution in [0.15, 0.2) is 18.3 Å². The number of likely N-dealkylation sites (tertiary alicyclic amines) is 1. The molecular weight excluding hydrogens is 226 g/mol. The lowest BCUT2D eigenvalue weighted by molar-refractivity contribution is 0.213. The molecule has 2 atom stereocenters. The molecule has 3 rings (SSSR count). The molecule has 0 amide bonds. The summed E-state index contributed by atoms with van der Waals surface area (Å²) in [5.74, 6) is 0.244. The number of fused-ring (bicyclic) bond motifs is 2. The average Bonchev–Trinajstić information content (AvgIpc) is 2.60. The third-order valence-electron chi connectivity index (χ3n) is 4.43. The topological polar surface area (TPSA) is 39.6 Å². The van der Waals surface area contributed by atoms with Crippen molar-refractivity contribution in [1.29, 1.82) is 0 Å². The zero-order valence-corrected chi connectivity index (χ0v) is 10.9. The zero-order chi connectivity index (χ0) is 12.5. The van der Waals surface area contributed by atoms with E-state index < -0.39 is 0 Å². The van der Waals surface area contributed by atoms with Crippen LogP contribution in [0.5, 0.6) is 5.75 Å². The van der Waals surface area contributed by atoms with Gasteiger partial charge in [0.25, 0.3) is 0 Å². The van der Waals surface area contributed by atoms with Crippen LogP contribution in [0, 0.1) is 0 Å². The maximum atomic E-state index is 9.25. The Morgan fingerprint density at radius 3 is 2.89 bits per heavy atom. The standard InChI is InChI=1S/C14H21N3O/c1-16-12-3-4-13(16)10-17(7-6-12)9-11-2-5-14(18)8-15-11/h2,5,8,12-13,18H,3-4,6-7,9-10H2,1H3. The predicted octanol–water partition coefficient (Wildman–Crippen LogP) is 1.46. The molecule has 0 saturated carbocycles. The molecular formula is C14H21N3O. The lowest BCUT2D eigenvalue weighted by Crippen LogP contribution is -2.36. The monoisotopic (exact) mass is 247 g/mol. The number of aromatic nitrogens is 1. The van der Waals surface area contributed by atoms with E-state index in [-0.39, 0.29) is 5.75 Å². The molecule has 1 N–H and O–H groups in total. The van der Waals surface area contributed by atoms with Crippen molar-refractivity contribution in [2.24, 2.45) is 0 Å². The molecule has 4 heteroatoms. The summed E-state index contributed by atoms with van der Waals surface area (Å²) in [6.07, 6.45) is 5.50. The molecule has 3 heterocycles. The smallest absolute Gasteiger partial charge is 0.133 e. The van der Waals surface area contributed by atoms with Crippen molar-refractivity contribution in [2.45, 2.75) is 37.9 Å². The first-order valence-corrected chi connectivity index (χ1v) is 6.80. The van der Waals surface area contributed by atoms with Crippen LogP contribution in [-0.2, 0) is 6.54 Å². The van der Waals surface area contributed by atoms with Crippen LogP contribution in [0.25, 0.3) is 0 Å². The summed E-state index contributed by atoms with van der Waals surface area (Å²) < 4.78 is 0. The summed E-state index contributed by atoms with van der Waals surface area (Å²) in [6.45, 7) is 3.21. The van der Waals surface area contributed by atoms with Crippen LogP contribution in [0.2, 0.25) is 0 Å². The normalized spacial score (nSPS) is 29.4. The second-order valence-corrected chi connectivity index (χ2v) is 5.58. The number of pyridine rings is 1. The van der Waals surface area contributed by atoms with Crippen LogP contribution in [0.3, 0.4) is 0 Å². The molecule has 1 aromatic heterocycles. The van der Waals surface area contributed by atoms with E-state index in [2.05, 4.69) is 21.8 Å². The van der Waals surface area contributed by atoms with Gasteiger partial charge in [-0.2, -0.15) is 0 Å². The minimum atomic E-state index is 0.244. The maximum Gasteiger partial charge on any atom is 0.133 e. The molecule has 0 spiro atoms. The van der Waals surface area contributed by atoms with Gasteiger partial charge in [0, 0.05) is 31.7 Å². The summed E-state index contributed by atoms with van der Waals surface area (Å²) in [7, 11) is 2.27. The van der Waals surface area contributed by atoms with Crippen molar-refractivity contribution in [3.8, 4) is 5.75 Å². The van der Waals surface area contributed by atoms with Gasteiger partial charge in [-0.25, -0.2) is 0 Å². The summed E-state index contributed by atoms with van der Waals surface area (Å²) in [4.78, 5) is 9.34. The average molecular weight is 247 g/mol. The molecule has 2 saturated heterocycles. The molecule has 98 valence electrons. The van der Waals surface area contributed by atoms with Crippen molar-refractivity contribution >= 4 is 0 Å². The second-order valence-electron chi connectivity index (χ2n) is 5.58.